The molecule has 16 heavy (non-hydrogen) atoms. The molecule has 0 aliphatic rings. The number of aryl methyl sites for hydroxylation is 1. The van der Waals surface area contributed by atoms with Gasteiger partial charge in [-0.05, 0) is 24.5 Å². The lowest BCUT2D eigenvalue weighted by molar-refractivity contribution is 0.0143. The van der Waals surface area contributed by atoms with Gasteiger partial charge in [-0.25, -0.2) is 0 Å². The molecule has 0 amide bonds. The average Bonchev–Trinajstić information content (AvgIpc) is 2.30. The second-order valence-electron chi connectivity index (χ2n) is 4.14. The van der Waals surface area contributed by atoms with E-state index in [0.717, 1.165) is 18.5 Å². The zero-order valence-electron chi connectivity index (χ0n) is 10.1. The molecule has 1 rings (SSSR count). The zero-order valence-corrected chi connectivity index (χ0v) is 10.1. The standard InChI is InChI=1S/C13H21NO2/c1-3-5-12(15)13(16)8-11-7-6-10(4-2)9-14-11/h6-7,9,12-13,15-16H,3-5,8H2,1-2H3. The molecule has 0 saturated heterocycles. The van der Waals surface area contributed by atoms with Gasteiger partial charge in [-0.3, -0.25) is 4.98 Å². The third-order valence-electron chi connectivity index (χ3n) is 2.74. The van der Waals surface area contributed by atoms with E-state index in [1.807, 2.05) is 25.3 Å². The zero-order chi connectivity index (χ0) is 12.0. The van der Waals surface area contributed by atoms with Crippen LogP contribution in [-0.2, 0) is 12.8 Å². The summed E-state index contributed by atoms with van der Waals surface area (Å²) in [5.41, 5.74) is 2.02. The van der Waals surface area contributed by atoms with E-state index in [4.69, 9.17) is 0 Å². The number of pyridine rings is 1. The first-order valence-electron chi connectivity index (χ1n) is 5.97. The summed E-state index contributed by atoms with van der Waals surface area (Å²) in [4.78, 5) is 4.26. The summed E-state index contributed by atoms with van der Waals surface area (Å²) < 4.78 is 0. The molecule has 0 bridgehead atoms. The molecular weight excluding hydrogens is 202 g/mol. The average molecular weight is 223 g/mol. The highest BCUT2D eigenvalue weighted by Crippen LogP contribution is 2.09. The van der Waals surface area contributed by atoms with Crippen LogP contribution in [-0.4, -0.2) is 27.4 Å². The number of nitrogens with zero attached hydrogens (tertiary/aromatic N) is 1. The predicted octanol–water partition coefficient (Wildman–Crippen LogP) is 1.71. The molecule has 0 aliphatic carbocycles. The molecule has 0 saturated carbocycles. The molecule has 1 heterocycles. The maximum absolute atomic E-state index is 9.74. The van der Waals surface area contributed by atoms with Crippen molar-refractivity contribution in [1.82, 2.24) is 4.98 Å². The predicted molar refractivity (Wildman–Crippen MR) is 64.2 cm³/mol. The van der Waals surface area contributed by atoms with Crippen LogP contribution in [0.5, 0.6) is 0 Å². The van der Waals surface area contributed by atoms with Crippen molar-refractivity contribution < 1.29 is 10.2 Å². The lowest BCUT2D eigenvalue weighted by atomic mass is 10.0. The van der Waals surface area contributed by atoms with Crippen molar-refractivity contribution in [3.8, 4) is 0 Å². The van der Waals surface area contributed by atoms with Gasteiger partial charge < -0.3 is 10.2 Å². The topological polar surface area (TPSA) is 53.4 Å². The Labute approximate surface area is 97.2 Å². The van der Waals surface area contributed by atoms with Gasteiger partial charge in [0.1, 0.15) is 0 Å². The molecule has 3 nitrogen and oxygen atoms in total. The highest BCUT2D eigenvalue weighted by molar-refractivity contribution is 5.14. The van der Waals surface area contributed by atoms with Crippen molar-refractivity contribution in [3.05, 3.63) is 29.6 Å². The van der Waals surface area contributed by atoms with Gasteiger partial charge in [0.15, 0.2) is 0 Å². The Balaban J connectivity index is 2.52. The van der Waals surface area contributed by atoms with E-state index < -0.39 is 12.2 Å². The molecule has 2 unspecified atom stereocenters. The number of rotatable bonds is 6. The van der Waals surface area contributed by atoms with E-state index in [1.54, 1.807) is 0 Å². The van der Waals surface area contributed by atoms with Crippen LogP contribution in [0.2, 0.25) is 0 Å². The molecule has 0 aliphatic heterocycles. The Morgan fingerprint density at radius 1 is 1.19 bits per heavy atom. The minimum Gasteiger partial charge on any atom is -0.390 e. The molecule has 0 radical (unpaired) electrons. The highest BCUT2D eigenvalue weighted by atomic mass is 16.3. The van der Waals surface area contributed by atoms with Crippen LogP contribution >= 0.6 is 0 Å². The quantitative estimate of drug-likeness (QED) is 0.772. The van der Waals surface area contributed by atoms with Crippen LogP contribution in [0, 0.1) is 0 Å². The number of aliphatic hydroxyl groups excluding tert-OH is 2. The van der Waals surface area contributed by atoms with Gasteiger partial charge in [-0.1, -0.05) is 26.3 Å². The van der Waals surface area contributed by atoms with Crippen molar-refractivity contribution in [3.63, 3.8) is 0 Å². The number of aliphatic hydroxyl groups is 2. The third-order valence-corrected chi connectivity index (χ3v) is 2.74. The van der Waals surface area contributed by atoms with Crippen molar-refractivity contribution in [1.29, 1.82) is 0 Å². The van der Waals surface area contributed by atoms with Gasteiger partial charge in [-0.2, -0.15) is 0 Å². The lowest BCUT2D eigenvalue weighted by Crippen LogP contribution is -2.28. The van der Waals surface area contributed by atoms with Crippen LogP contribution in [0.4, 0.5) is 0 Å². The summed E-state index contributed by atoms with van der Waals surface area (Å²) in [5.74, 6) is 0. The molecule has 3 heteroatoms. The van der Waals surface area contributed by atoms with Gasteiger partial charge in [0, 0.05) is 18.3 Å². The fraction of sp³-hybridized carbons (Fsp3) is 0.615. The van der Waals surface area contributed by atoms with E-state index in [1.165, 1.54) is 5.56 Å². The van der Waals surface area contributed by atoms with Gasteiger partial charge >= 0.3 is 0 Å². The van der Waals surface area contributed by atoms with Crippen LogP contribution in [0.3, 0.4) is 0 Å². The summed E-state index contributed by atoms with van der Waals surface area (Å²) in [6.45, 7) is 4.07. The van der Waals surface area contributed by atoms with Crippen LogP contribution < -0.4 is 0 Å². The summed E-state index contributed by atoms with van der Waals surface area (Å²) in [6, 6.07) is 3.93. The van der Waals surface area contributed by atoms with E-state index in [9.17, 15) is 10.2 Å². The summed E-state index contributed by atoms with van der Waals surface area (Å²) in [6.07, 6.45) is 3.38. The maximum atomic E-state index is 9.74. The lowest BCUT2D eigenvalue weighted by Gasteiger charge is -2.16. The SMILES string of the molecule is CCCC(O)C(O)Cc1ccc(CC)cn1. The normalized spacial score (nSPS) is 14.8. The van der Waals surface area contributed by atoms with Gasteiger partial charge in [0.2, 0.25) is 0 Å². The van der Waals surface area contributed by atoms with Crippen molar-refractivity contribution >= 4 is 0 Å². The van der Waals surface area contributed by atoms with E-state index in [-0.39, 0.29) is 0 Å². The molecule has 0 spiro atoms. The fourth-order valence-electron chi connectivity index (χ4n) is 1.62. The molecular formula is C13H21NO2. The van der Waals surface area contributed by atoms with Crippen LogP contribution in [0.15, 0.2) is 18.3 Å². The minimum atomic E-state index is -0.708. The number of aromatic nitrogens is 1. The highest BCUT2D eigenvalue weighted by Gasteiger charge is 2.16. The van der Waals surface area contributed by atoms with E-state index in [0.29, 0.717) is 12.8 Å². The first-order chi connectivity index (χ1) is 7.67. The molecule has 1 aromatic heterocycles. The van der Waals surface area contributed by atoms with Crippen LogP contribution in [0.25, 0.3) is 0 Å². The largest absolute Gasteiger partial charge is 0.390 e. The maximum Gasteiger partial charge on any atom is 0.0854 e. The summed E-state index contributed by atoms with van der Waals surface area (Å²) in [5, 5.41) is 19.3. The van der Waals surface area contributed by atoms with Crippen LogP contribution in [0.1, 0.15) is 37.9 Å². The van der Waals surface area contributed by atoms with E-state index >= 15 is 0 Å². The number of hydrogen-bond donors (Lipinski definition) is 2. The molecule has 2 atom stereocenters. The Morgan fingerprint density at radius 2 is 1.94 bits per heavy atom. The first kappa shape index (κ1) is 13.1. The second kappa shape index (κ2) is 6.61. The summed E-state index contributed by atoms with van der Waals surface area (Å²) >= 11 is 0. The Bertz CT molecular complexity index is 297. The first-order valence-corrected chi connectivity index (χ1v) is 5.97. The Morgan fingerprint density at radius 3 is 2.44 bits per heavy atom. The summed E-state index contributed by atoms with van der Waals surface area (Å²) in [7, 11) is 0. The van der Waals surface area contributed by atoms with Crippen molar-refractivity contribution in [2.24, 2.45) is 0 Å². The van der Waals surface area contributed by atoms with Crippen molar-refractivity contribution in [2.45, 2.75) is 51.7 Å². The van der Waals surface area contributed by atoms with Gasteiger partial charge in [0.25, 0.3) is 0 Å². The second-order valence-corrected chi connectivity index (χ2v) is 4.14. The molecule has 0 fully saturated rings. The monoisotopic (exact) mass is 223 g/mol. The van der Waals surface area contributed by atoms with Gasteiger partial charge in [0.05, 0.1) is 12.2 Å². The molecule has 0 aromatic carbocycles. The third kappa shape index (κ3) is 3.91. The van der Waals surface area contributed by atoms with Crippen molar-refractivity contribution in [2.75, 3.05) is 0 Å². The Hall–Kier alpha value is -0.930. The smallest absolute Gasteiger partial charge is 0.0854 e. The molecule has 2 N–H and O–H groups in total. The molecule has 1 aromatic rings. The van der Waals surface area contributed by atoms with E-state index in [2.05, 4.69) is 11.9 Å². The minimum absolute atomic E-state index is 0.422. The number of hydrogen-bond acceptors (Lipinski definition) is 3. The Kier molecular flexibility index (Phi) is 5.43. The van der Waals surface area contributed by atoms with Gasteiger partial charge in [-0.15, -0.1) is 0 Å². The fourth-order valence-corrected chi connectivity index (χ4v) is 1.62. The molecule has 90 valence electrons.